The molecule has 1 nitrogen and oxygen atoms in total. The SMILES string of the molecule is CCC(=CCC1(C)CC=CC1(C)C)CO. The fourth-order valence-corrected chi connectivity index (χ4v) is 2.11. The molecule has 0 aromatic rings. The predicted octanol–water partition coefficient (Wildman–Crippen LogP) is 3.70. The van der Waals surface area contributed by atoms with E-state index >= 15 is 0 Å². The van der Waals surface area contributed by atoms with Crippen LogP contribution in [-0.4, -0.2) is 11.7 Å². The van der Waals surface area contributed by atoms with E-state index in [1.165, 1.54) is 5.57 Å². The Morgan fingerprint density at radius 3 is 2.47 bits per heavy atom. The zero-order chi connectivity index (χ0) is 11.5. The van der Waals surface area contributed by atoms with Crippen LogP contribution in [0, 0.1) is 10.8 Å². The van der Waals surface area contributed by atoms with Crippen molar-refractivity contribution in [1.29, 1.82) is 0 Å². The van der Waals surface area contributed by atoms with Gasteiger partial charge < -0.3 is 5.11 Å². The van der Waals surface area contributed by atoms with Crippen molar-refractivity contribution in [2.45, 2.75) is 47.0 Å². The van der Waals surface area contributed by atoms with Crippen LogP contribution in [0.25, 0.3) is 0 Å². The number of allylic oxidation sites excluding steroid dienone is 3. The molecule has 0 fully saturated rings. The van der Waals surface area contributed by atoms with Gasteiger partial charge in [-0.05, 0) is 35.7 Å². The average Bonchev–Trinajstić information content (AvgIpc) is 2.43. The second-order valence-electron chi connectivity index (χ2n) is 5.47. The molecule has 1 heteroatoms. The van der Waals surface area contributed by atoms with Crippen LogP contribution in [0.3, 0.4) is 0 Å². The molecular weight excluding hydrogens is 184 g/mol. The molecule has 0 heterocycles. The van der Waals surface area contributed by atoms with Crippen LogP contribution >= 0.6 is 0 Å². The maximum absolute atomic E-state index is 9.13. The monoisotopic (exact) mass is 208 g/mol. The Balaban J connectivity index is 2.70. The minimum absolute atomic E-state index is 0.209. The van der Waals surface area contributed by atoms with Crippen molar-refractivity contribution in [2.75, 3.05) is 6.61 Å². The van der Waals surface area contributed by atoms with Gasteiger partial charge >= 0.3 is 0 Å². The topological polar surface area (TPSA) is 20.2 Å². The van der Waals surface area contributed by atoms with Crippen LogP contribution in [0.15, 0.2) is 23.8 Å². The quantitative estimate of drug-likeness (QED) is 0.698. The molecule has 1 atom stereocenters. The summed E-state index contributed by atoms with van der Waals surface area (Å²) in [6.07, 6.45) is 10.0. The van der Waals surface area contributed by atoms with Crippen molar-refractivity contribution in [2.24, 2.45) is 10.8 Å². The first-order valence-electron chi connectivity index (χ1n) is 5.91. The van der Waals surface area contributed by atoms with E-state index in [4.69, 9.17) is 5.11 Å². The molecule has 1 unspecified atom stereocenters. The maximum atomic E-state index is 9.13. The average molecular weight is 208 g/mol. The van der Waals surface area contributed by atoms with Gasteiger partial charge in [0.15, 0.2) is 0 Å². The summed E-state index contributed by atoms with van der Waals surface area (Å²) in [6, 6.07) is 0. The lowest BCUT2D eigenvalue weighted by atomic mass is 9.67. The van der Waals surface area contributed by atoms with Crippen LogP contribution in [0.4, 0.5) is 0 Å². The molecule has 1 aliphatic rings. The summed E-state index contributed by atoms with van der Waals surface area (Å²) in [5.74, 6) is 0. The summed E-state index contributed by atoms with van der Waals surface area (Å²) in [5.41, 5.74) is 1.76. The van der Waals surface area contributed by atoms with Gasteiger partial charge in [-0.3, -0.25) is 0 Å². The number of hydrogen-bond acceptors (Lipinski definition) is 1. The van der Waals surface area contributed by atoms with E-state index in [-0.39, 0.29) is 12.0 Å². The van der Waals surface area contributed by atoms with Crippen molar-refractivity contribution in [3.05, 3.63) is 23.8 Å². The molecule has 86 valence electrons. The van der Waals surface area contributed by atoms with Crippen LogP contribution in [0.2, 0.25) is 0 Å². The van der Waals surface area contributed by atoms with Crippen LogP contribution in [0.5, 0.6) is 0 Å². The summed E-state index contributed by atoms with van der Waals surface area (Å²) in [4.78, 5) is 0. The largest absolute Gasteiger partial charge is 0.392 e. The van der Waals surface area contributed by atoms with E-state index in [2.05, 4.69) is 45.9 Å². The van der Waals surface area contributed by atoms with Gasteiger partial charge in [-0.1, -0.05) is 45.9 Å². The molecular formula is C14H24O. The first-order valence-corrected chi connectivity index (χ1v) is 5.91. The highest BCUT2D eigenvalue weighted by molar-refractivity contribution is 5.16. The number of hydrogen-bond donors (Lipinski definition) is 1. The summed E-state index contributed by atoms with van der Waals surface area (Å²) >= 11 is 0. The van der Waals surface area contributed by atoms with Gasteiger partial charge in [0.2, 0.25) is 0 Å². The van der Waals surface area contributed by atoms with E-state index < -0.39 is 0 Å². The van der Waals surface area contributed by atoms with Crippen molar-refractivity contribution < 1.29 is 5.11 Å². The van der Waals surface area contributed by atoms with Crippen molar-refractivity contribution in [3.8, 4) is 0 Å². The molecule has 0 saturated carbocycles. The van der Waals surface area contributed by atoms with Crippen LogP contribution in [0.1, 0.15) is 47.0 Å². The minimum atomic E-state index is 0.209. The van der Waals surface area contributed by atoms with Gasteiger partial charge in [-0.25, -0.2) is 0 Å². The molecule has 0 amide bonds. The normalized spacial score (nSPS) is 29.8. The molecule has 0 radical (unpaired) electrons. The molecule has 1 N–H and O–H groups in total. The van der Waals surface area contributed by atoms with Gasteiger partial charge in [0, 0.05) is 0 Å². The molecule has 0 aromatic carbocycles. The highest BCUT2D eigenvalue weighted by atomic mass is 16.3. The van der Waals surface area contributed by atoms with Gasteiger partial charge in [0.1, 0.15) is 0 Å². The third-order valence-electron chi connectivity index (χ3n) is 4.16. The zero-order valence-corrected chi connectivity index (χ0v) is 10.5. The lowest BCUT2D eigenvalue weighted by Crippen LogP contribution is -2.29. The Labute approximate surface area is 93.9 Å². The van der Waals surface area contributed by atoms with Crippen molar-refractivity contribution in [3.63, 3.8) is 0 Å². The van der Waals surface area contributed by atoms with E-state index in [0.717, 1.165) is 19.3 Å². The van der Waals surface area contributed by atoms with Gasteiger partial charge in [-0.2, -0.15) is 0 Å². The summed E-state index contributed by atoms with van der Waals surface area (Å²) in [5, 5.41) is 9.13. The summed E-state index contributed by atoms with van der Waals surface area (Å²) in [7, 11) is 0. The third-order valence-corrected chi connectivity index (χ3v) is 4.16. The number of rotatable bonds is 4. The maximum Gasteiger partial charge on any atom is 0.0641 e. The second kappa shape index (κ2) is 4.52. The molecule has 0 aromatic heterocycles. The summed E-state index contributed by atoms with van der Waals surface area (Å²) in [6.45, 7) is 9.25. The first kappa shape index (κ1) is 12.5. The Morgan fingerprint density at radius 2 is 2.07 bits per heavy atom. The fraction of sp³-hybridized carbons (Fsp3) is 0.714. The minimum Gasteiger partial charge on any atom is -0.392 e. The molecule has 0 spiro atoms. The molecule has 0 aliphatic heterocycles. The van der Waals surface area contributed by atoms with Gasteiger partial charge in [0.25, 0.3) is 0 Å². The standard InChI is InChI=1S/C14H24O/c1-5-12(11-15)7-10-14(4)9-6-8-13(14,2)3/h6-8,15H,5,9-11H2,1-4H3. The zero-order valence-electron chi connectivity index (χ0n) is 10.5. The molecule has 1 rings (SSSR count). The molecule has 0 saturated heterocycles. The summed E-state index contributed by atoms with van der Waals surface area (Å²) < 4.78 is 0. The Bertz CT molecular complexity index is 267. The van der Waals surface area contributed by atoms with Gasteiger partial charge in [0.05, 0.1) is 6.61 Å². The molecule has 0 bridgehead atoms. The predicted molar refractivity (Wildman–Crippen MR) is 65.7 cm³/mol. The molecule has 15 heavy (non-hydrogen) atoms. The van der Waals surface area contributed by atoms with E-state index in [0.29, 0.717) is 5.41 Å². The van der Waals surface area contributed by atoms with Crippen LogP contribution < -0.4 is 0 Å². The first-order chi connectivity index (χ1) is 6.95. The van der Waals surface area contributed by atoms with Crippen molar-refractivity contribution >= 4 is 0 Å². The highest BCUT2D eigenvalue weighted by Gasteiger charge is 2.40. The smallest absolute Gasteiger partial charge is 0.0641 e. The van der Waals surface area contributed by atoms with Gasteiger partial charge in [-0.15, -0.1) is 0 Å². The Morgan fingerprint density at radius 1 is 1.40 bits per heavy atom. The van der Waals surface area contributed by atoms with E-state index in [1.807, 2.05) is 0 Å². The second-order valence-corrected chi connectivity index (χ2v) is 5.47. The Hall–Kier alpha value is -0.560. The number of aliphatic hydroxyl groups excluding tert-OH is 1. The Kier molecular flexibility index (Phi) is 3.77. The van der Waals surface area contributed by atoms with E-state index in [9.17, 15) is 0 Å². The lowest BCUT2D eigenvalue weighted by molar-refractivity contribution is 0.165. The number of aliphatic hydroxyl groups is 1. The fourth-order valence-electron chi connectivity index (χ4n) is 2.11. The molecule has 1 aliphatic carbocycles. The highest BCUT2D eigenvalue weighted by Crippen LogP contribution is 2.50. The van der Waals surface area contributed by atoms with Crippen molar-refractivity contribution in [1.82, 2.24) is 0 Å². The third kappa shape index (κ3) is 2.52. The lowest BCUT2D eigenvalue weighted by Gasteiger charge is -2.37. The van der Waals surface area contributed by atoms with Crippen LogP contribution in [-0.2, 0) is 0 Å². The van der Waals surface area contributed by atoms with E-state index in [1.54, 1.807) is 0 Å².